The number of fused-ring (bicyclic) bond motifs is 1. The molecule has 0 unspecified atom stereocenters. The quantitative estimate of drug-likeness (QED) is 0.825. The van der Waals surface area contributed by atoms with E-state index in [0.717, 1.165) is 32.2 Å². The van der Waals surface area contributed by atoms with E-state index in [0.29, 0.717) is 12.1 Å². The summed E-state index contributed by atoms with van der Waals surface area (Å²) < 4.78 is 1.69. The van der Waals surface area contributed by atoms with E-state index < -0.39 is 0 Å². The van der Waals surface area contributed by atoms with Crippen molar-refractivity contribution in [1.82, 2.24) is 24.9 Å². The fourth-order valence-corrected chi connectivity index (χ4v) is 3.34. The van der Waals surface area contributed by atoms with Crippen LogP contribution in [0.3, 0.4) is 0 Å². The molecule has 7 nitrogen and oxygen atoms in total. The van der Waals surface area contributed by atoms with Crippen molar-refractivity contribution in [2.24, 2.45) is 0 Å². The van der Waals surface area contributed by atoms with Crippen molar-refractivity contribution < 1.29 is 9.59 Å². The summed E-state index contributed by atoms with van der Waals surface area (Å²) in [7, 11) is 3.90. The fraction of sp³-hybridized carbons (Fsp3) is 0.526. The molecule has 2 amide bonds. The number of carbonyl (C=O) groups is 2. The van der Waals surface area contributed by atoms with Crippen LogP contribution in [0.15, 0.2) is 24.4 Å². The SMILES string of the molecule is CN(C)CCNC(=O)c1nc(C(=O)NC2CCCCC2)n2ccccc12. The molecule has 0 saturated heterocycles. The standard InChI is InChI=1S/C19H27N5O2/c1-23(2)13-11-20-18(25)16-15-10-6-7-12-24(15)17(22-16)19(26)21-14-8-4-3-5-9-14/h6-7,10,12,14H,3-5,8-9,11,13H2,1-2H3,(H,20,25)(H,21,26). The Morgan fingerprint density at radius 3 is 2.69 bits per heavy atom. The maximum Gasteiger partial charge on any atom is 0.287 e. The number of hydrogen-bond acceptors (Lipinski definition) is 4. The third-order valence-electron chi connectivity index (χ3n) is 4.75. The topological polar surface area (TPSA) is 78.7 Å². The number of hydrogen-bond donors (Lipinski definition) is 2. The summed E-state index contributed by atoms with van der Waals surface area (Å²) in [5, 5.41) is 5.94. The average molecular weight is 357 g/mol. The molecule has 2 aromatic heterocycles. The monoisotopic (exact) mass is 357 g/mol. The van der Waals surface area contributed by atoms with Gasteiger partial charge >= 0.3 is 0 Å². The number of amides is 2. The smallest absolute Gasteiger partial charge is 0.287 e. The first-order valence-electron chi connectivity index (χ1n) is 9.27. The zero-order chi connectivity index (χ0) is 18.5. The highest BCUT2D eigenvalue weighted by molar-refractivity contribution is 6.02. The summed E-state index contributed by atoms with van der Waals surface area (Å²) in [6, 6.07) is 5.69. The van der Waals surface area contributed by atoms with Gasteiger partial charge in [0, 0.05) is 25.3 Å². The Labute approximate surface area is 153 Å². The van der Waals surface area contributed by atoms with Gasteiger partial charge in [0.1, 0.15) is 0 Å². The van der Waals surface area contributed by atoms with Crippen LogP contribution in [0.5, 0.6) is 0 Å². The first-order valence-corrected chi connectivity index (χ1v) is 9.27. The summed E-state index contributed by atoms with van der Waals surface area (Å²) in [6.45, 7) is 1.27. The zero-order valence-electron chi connectivity index (χ0n) is 15.5. The predicted octanol–water partition coefficient (Wildman–Crippen LogP) is 1.69. The maximum atomic E-state index is 12.7. The molecule has 1 fully saturated rings. The van der Waals surface area contributed by atoms with Crippen molar-refractivity contribution >= 4 is 17.3 Å². The summed E-state index contributed by atoms with van der Waals surface area (Å²) in [5.74, 6) is -0.207. The van der Waals surface area contributed by atoms with E-state index in [9.17, 15) is 9.59 Å². The highest BCUT2D eigenvalue weighted by Crippen LogP contribution is 2.19. The molecule has 1 aliphatic rings. The number of carbonyl (C=O) groups excluding carboxylic acids is 2. The molecule has 1 saturated carbocycles. The van der Waals surface area contributed by atoms with Crippen LogP contribution in [-0.4, -0.2) is 59.3 Å². The summed E-state index contributed by atoms with van der Waals surface area (Å²) in [6.07, 6.45) is 7.31. The van der Waals surface area contributed by atoms with Crippen molar-refractivity contribution in [2.75, 3.05) is 27.2 Å². The van der Waals surface area contributed by atoms with E-state index in [-0.39, 0.29) is 29.4 Å². The summed E-state index contributed by atoms with van der Waals surface area (Å²) in [4.78, 5) is 31.6. The van der Waals surface area contributed by atoms with E-state index in [1.165, 1.54) is 6.42 Å². The molecule has 0 atom stereocenters. The van der Waals surface area contributed by atoms with Crippen LogP contribution in [0.4, 0.5) is 0 Å². The minimum Gasteiger partial charge on any atom is -0.349 e. The molecule has 0 aliphatic heterocycles. The lowest BCUT2D eigenvalue weighted by atomic mass is 9.95. The second kappa shape index (κ2) is 8.31. The molecule has 7 heteroatoms. The number of nitrogens with zero attached hydrogens (tertiary/aromatic N) is 3. The van der Waals surface area contributed by atoms with Crippen molar-refractivity contribution in [2.45, 2.75) is 38.1 Å². The minimum atomic E-state index is -0.257. The molecule has 3 rings (SSSR count). The van der Waals surface area contributed by atoms with Gasteiger partial charge in [-0.05, 0) is 39.1 Å². The highest BCUT2D eigenvalue weighted by Gasteiger charge is 2.23. The number of imidazole rings is 1. The number of nitrogens with one attached hydrogen (secondary N) is 2. The Balaban J connectivity index is 1.80. The molecule has 140 valence electrons. The van der Waals surface area contributed by atoms with Gasteiger partial charge in [-0.1, -0.05) is 25.3 Å². The van der Waals surface area contributed by atoms with E-state index in [4.69, 9.17) is 0 Å². The Bertz CT molecular complexity index is 777. The van der Waals surface area contributed by atoms with Gasteiger partial charge in [-0.3, -0.25) is 14.0 Å². The van der Waals surface area contributed by atoms with Crippen molar-refractivity contribution in [3.05, 3.63) is 35.9 Å². The third-order valence-corrected chi connectivity index (χ3v) is 4.75. The van der Waals surface area contributed by atoms with Crippen LogP contribution in [-0.2, 0) is 0 Å². The predicted molar refractivity (Wildman–Crippen MR) is 100 cm³/mol. The number of pyridine rings is 1. The minimum absolute atomic E-state index is 0.199. The maximum absolute atomic E-state index is 12.7. The third kappa shape index (κ3) is 4.22. The molecule has 0 spiro atoms. The molecule has 26 heavy (non-hydrogen) atoms. The molecule has 2 aromatic rings. The van der Waals surface area contributed by atoms with Crippen LogP contribution in [0.2, 0.25) is 0 Å². The fourth-order valence-electron chi connectivity index (χ4n) is 3.34. The van der Waals surface area contributed by atoms with E-state index in [1.54, 1.807) is 10.6 Å². The molecule has 0 aromatic carbocycles. The highest BCUT2D eigenvalue weighted by atomic mass is 16.2. The number of rotatable bonds is 6. The first-order chi connectivity index (χ1) is 12.6. The van der Waals surface area contributed by atoms with Crippen LogP contribution in [0.1, 0.15) is 53.2 Å². The number of aromatic nitrogens is 2. The van der Waals surface area contributed by atoms with Crippen molar-refractivity contribution in [1.29, 1.82) is 0 Å². The van der Waals surface area contributed by atoms with E-state index in [2.05, 4.69) is 15.6 Å². The molecule has 0 radical (unpaired) electrons. The molecular weight excluding hydrogens is 330 g/mol. The normalized spacial score (nSPS) is 15.3. The van der Waals surface area contributed by atoms with Crippen LogP contribution >= 0.6 is 0 Å². The van der Waals surface area contributed by atoms with Crippen LogP contribution in [0.25, 0.3) is 5.52 Å². The Hall–Kier alpha value is -2.41. The summed E-state index contributed by atoms with van der Waals surface area (Å²) >= 11 is 0. The lowest BCUT2D eigenvalue weighted by Crippen LogP contribution is -2.37. The molecule has 2 N–H and O–H groups in total. The molecule has 0 bridgehead atoms. The van der Waals surface area contributed by atoms with Gasteiger partial charge in [-0.25, -0.2) is 4.98 Å². The molecule has 2 heterocycles. The van der Waals surface area contributed by atoms with Gasteiger partial charge in [0.25, 0.3) is 11.8 Å². The van der Waals surface area contributed by atoms with Crippen molar-refractivity contribution in [3.63, 3.8) is 0 Å². The lowest BCUT2D eigenvalue weighted by molar-refractivity contribution is 0.0916. The lowest BCUT2D eigenvalue weighted by Gasteiger charge is -2.22. The average Bonchev–Trinajstić information content (AvgIpc) is 3.02. The van der Waals surface area contributed by atoms with Crippen molar-refractivity contribution in [3.8, 4) is 0 Å². The van der Waals surface area contributed by atoms with Gasteiger partial charge < -0.3 is 15.5 Å². The van der Waals surface area contributed by atoms with Crippen LogP contribution in [0, 0.1) is 0 Å². The first kappa shape index (κ1) is 18.4. The molecular formula is C19H27N5O2. The van der Waals surface area contributed by atoms with Gasteiger partial charge in [0.05, 0.1) is 5.52 Å². The summed E-state index contributed by atoms with van der Waals surface area (Å²) in [5.41, 5.74) is 0.932. The second-order valence-corrected chi connectivity index (χ2v) is 7.11. The van der Waals surface area contributed by atoms with Gasteiger partial charge in [0.15, 0.2) is 5.69 Å². The zero-order valence-corrected chi connectivity index (χ0v) is 15.5. The van der Waals surface area contributed by atoms with Gasteiger partial charge in [0.2, 0.25) is 5.82 Å². The Morgan fingerprint density at radius 2 is 1.96 bits per heavy atom. The largest absolute Gasteiger partial charge is 0.349 e. The van der Waals surface area contributed by atoms with E-state index >= 15 is 0 Å². The molecule has 1 aliphatic carbocycles. The van der Waals surface area contributed by atoms with E-state index in [1.807, 2.05) is 37.2 Å². The second-order valence-electron chi connectivity index (χ2n) is 7.11. The van der Waals surface area contributed by atoms with Crippen LogP contribution < -0.4 is 10.6 Å². The Morgan fingerprint density at radius 1 is 1.19 bits per heavy atom. The number of likely N-dealkylation sites (N-methyl/N-ethyl adjacent to an activating group) is 1. The van der Waals surface area contributed by atoms with Gasteiger partial charge in [-0.15, -0.1) is 0 Å². The van der Waals surface area contributed by atoms with Gasteiger partial charge in [-0.2, -0.15) is 0 Å². The Kier molecular flexibility index (Phi) is 5.88.